The second-order valence-corrected chi connectivity index (χ2v) is 8.66. The molecule has 0 atom stereocenters. The van der Waals surface area contributed by atoms with Crippen LogP contribution in [0, 0.1) is 0 Å². The minimum atomic E-state index is -0.460. The first kappa shape index (κ1) is 18.8. The monoisotopic (exact) mass is 384 g/mol. The van der Waals surface area contributed by atoms with Crippen molar-refractivity contribution in [2.75, 3.05) is 31.6 Å². The molecule has 7 nitrogen and oxygen atoms in total. The second-order valence-electron chi connectivity index (χ2n) is 8.66. The normalized spacial score (nSPS) is 18.9. The van der Waals surface area contributed by atoms with Crippen molar-refractivity contribution < 1.29 is 14.3 Å². The van der Waals surface area contributed by atoms with Crippen molar-refractivity contribution >= 4 is 22.7 Å². The maximum atomic E-state index is 12.6. The van der Waals surface area contributed by atoms with Crippen molar-refractivity contribution in [2.45, 2.75) is 51.2 Å². The lowest BCUT2D eigenvalue weighted by Crippen LogP contribution is -2.66. The van der Waals surface area contributed by atoms with Gasteiger partial charge in [0.1, 0.15) is 5.60 Å². The lowest BCUT2D eigenvalue weighted by Gasteiger charge is -2.56. The summed E-state index contributed by atoms with van der Waals surface area (Å²) in [6.45, 7) is 8.32. The molecule has 2 fully saturated rings. The van der Waals surface area contributed by atoms with Gasteiger partial charge in [-0.3, -0.25) is 0 Å². The van der Waals surface area contributed by atoms with E-state index in [1.807, 2.05) is 44.0 Å². The van der Waals surface area contributed by atoms with Crippen LogP contribution in [-0.2, 0) is 4.74 Å². The van der Waals surface area contributed by atoms with E-state index in [2.05, 4.69) is 20.9 Å². The highest BCUT2D eigenvalue weighted by Gasteiger charge is 2.50. The number of anilines is 1. The summed E-state index contributed by atoms with van der Waals surface area (Å²) in [5.74, 6) is 0. The molecule has 2 aromatic rings. The number of benzene rings is 1. The topological polar surface area (TPSA) is 67.8 Å². The lowest BCUT2D eigenvalue weighted by molar-refractivity contribution is -0.0541. The molecule has 1 amide bonds. The van der Waals surface area contributed by atoms with Gasteiger partial charge in [0.2, 0.25) is 0 Å². The lowest BCUT2D eigenvalue weighted by atomic mass is 9.76. The molecule has 1 spiro atoms. The highest BCUT2D eigenvalue weighted by atomic mass is 16.6. The molecule has 1 aromatic heterocycles. The van der Waals surface area contributed by atoms with Crippen LogP contribution in [0.5, 0.6) is 6.01 Å². The highest BCUT2D eigenvalue weighted by Crippen LogP contribution is 2.42. The zero-order valence-corrected chi connectivity index (χ0v) is 17.1. The summed E-state index contributed by atoms with van der Waals surface area (Å²) in [5, 5.41) is 1.02. The molecule has 2 saturated heterocycles. The molecular formula is C21H28N4O3. The number of carbonyl (C=O) groups is 1. The van der Waals surface area contributed by atoms with Crippen molar-refractivity contribution in [2.24, 2.45) is 0 Å². The van der Waals surface area contributed by atoms with Crippen molar-refractivity contribution in [3.63, 3.8) is 0 Å². The van der Waals surface area contributed by atoms with E-state index in [-0.39, 0.29) is 11.6 Å². The smallest absolute Gasteiger partial charge is 0.410 e. The molecule has 0 bridgehead atoms. The van der Waals surface area contributed by atoms with Crippen LogP contribution in [0.15, 0.2) is 24.4 Å². The van der Waals surface area contributed by atoms with Gasteiger partial charge in [-0.25, -0.2) is 9.78 Å². The molecule has 2 aliphatic heterocycles. The fourth-order valence-electron chi connectivity index (χ4n) is 4.22. The Morgan fingerprint density at radius 2 is 1.86 bits per heavy atom. The van der Waals surface area contributed by atoms with Crippen LogP contribution in [-0.4, -0.2) is 58.8 Å². The van der Waals surface area contributed by atoms with E-state index in [0.29, 0.717) is 6.01 Å². The van der Waals surface area contributed by atoms with Gasteiger partial charge in [0.25, 0.3) is 0 Å². The number of amides is 1. The average Bonchev–Trinajstić information content (AvgIpc) is 2.64. The molecule has 0 unspecified atom stereocenters. The van der Waals surface area contributed by atoms with Gasteiger partial charge < -0.3 is 19.3 Å². The van der Waals surface area contributed by atoms with Gasteiger partial charge in [-0.1, -0.05) is 6.07 Å². The van der Waals surface area contributed by atoms with Crippen molar-refractivity contribution in [1.82, 2.24) is 14.9 Å². The second kappa shape index (κ2) is 6.79. The number of likely N-dealkylation sites (tertiary alicyclic amines) is 1. The predicted molar refractivity (Wildman–Crippen MR) is 108 cm³/mol. The number of hydrogen-bond donors (Lipinski definition) is 0. The molecule has 0 N–H and O–H groups in total. The largest absolute Gasteiger partial charge is 0.467 e. The summed E-state index contributed by atoms with van der Waals surface area (Å²) in [6.07, 6.45) is 4.59. The fourth-order valence-corrected chi connectivity index (χ4v) is 4.22. The minimum absolute atomic E-state index is 0.0524. The van der Waals surface area contributed by atoms with Gasteiger partial charge in [-0.2, -0.15) is 4.98 Å². The summed E-state index contributed by atoms with van der Waals surface area (Å²) < 4.78 is 10.7. The van der Waals surface area contributed by atoms with Crippen molar-refractivity contribution in [3.05, 3.63) is 24.4 Å². The van der Waals surface area contributed by atoms with Crippen molar-refractivity contribution in [1.29, 1.82) is 0 Å². The average molecular weight is 384 g/mol. The fraction of sp³-hybridized carbons (Fsp3) is 0.571. The first-order chi connectivity index (χ1) is 13.3. The van der Waals surface area contributed by atoms with Crippen LogP contribution < -0.4 is 9.64 Å². The third-order valence-electron chi connectivity index (χ3n) is 5.78. The summed E-state index contributed by atoms with van der Waals surface area (Å²) in [6, 6.07) is 6.49. The van der Waals surface area contributed by atoms with Crippen LogP contribution in [0.2, 0.25) is 0 Å². The Morgan fingerprint density at radius 1 is 1.14 bits per heavy atom. The molecule has 7 heteroatoms. The molecule has 0 saturated carbocycles. The van der Waals surface area contributed by atoms with E-state index in [1.54, 1.807) is 7.11 Å². The van der Waals surface area contributed by atoms with Gasteiger partial charge in [0, 0.05) is 36.9 Å². The van der Waals surface area contributed by atoms with Gasteiger partial charge in [-0.15, -0.1) is 0 Å². The van der Waals surface area contributed by atoms with Gasteiger partial charge in [0.15, 0.2) is 0 Å². The van der Waals surface area contributed by atoms with E-state index in [9.17, 15) is 4.79 Å². The van der Waals surface area contributed by atoms with Gasteiger partial charge in [0.05, 0.1) is 18.2 Å². The molecular weight excluding hydrogens is 356 g/mol. The first-order valence-corrected chi connectivity index (χ1v) is 9.87. The molecule has 2 aliphatic rings. The number of aromatic nitrogens is 2. The van der Waals surface area contributed by atoms with E-state index < -0.39 is 5.60 Å². The van der Waals surface area contributed by atoms with E-state index in [1.165, 1.54) is 0 Å². The highest BCUT2D eigenvalue weighted by molar-refractivity contribution is 5.91. The van der Waals surface area contributed by atoms with Crippen LogP contribution in [0.3, 0.4) is 0 Å². The third kappa shape index (κ3) is 3.34. The molecule has 1 aromatic carbocycles. The number of hydrogen-bond acceptors (Lipinski definition) is 6. The van der Waals surface area contributed by atoms with Gasteiger partial charge >= 0.3 is 12.1 Å². The molecule has 3 heterocycles. The number of rotatable bonds is 2. The molecule has 0 aliphatic carbocycles. The summed E-state index contributed by atoms with van der Waals surface area (Å²) in [7, 11) is 1.57. The zero-order valence-electron chi connectivity index (χ0n) is 17.1. The Morgan fingerprint density at radius 3 is 2.46 bits per heavy atom. The van der Waals surface area contributed by atoms with E-state index >= 15 is 0 Å². The Kier molecular flexibility index (Phi) is 4.56. The number of ether oxygens (including phenoxy) is 2. The molecule has 4 rings (SSSR count). The summed E-state index contributed by atoms with van der Waals surface area (Å²) in [4.78, 5) is 25.6. The zero-order chi connectivity index (χ0) is 19.9. The number of piperidine rings is 1. The Labute approximate surface area is 165 Å². The number of methoxy groups -OCH3 is 1. The minimum Gasteiger partial charge on any atom is -0.467 e. The van der Waals surface area contributed by atoms with Crippen molar-refractivity contribution in [3.8, 4) is 6.01 Å². The maximum Gasteiger partial charge on any atom is 0.410 e. The van der Waals surface area contributed by atoms with E-state index in [4.69, 9.17) is 9.47 Å². The predicted octanol–water partition coefficient (Wildman–Crippen LogP) is 3.62. The molecule has 28 heavy (non-hydrogen) atoms. The van der Waals surface area contributed by atoms with Crippen LogP contribution in [0.4, 0.5) is 10.5 Å². The maximum absolute atomic E-state index is 12.6. The number of nitrogens with zero attached hydrogens (tertiary/aromatic N) is 4. The summed E-state index contributed by atoms with van der Waals surface area (Å²) >= 11 is 0. The Bertz CT molecular complexity index is 885. The van der Waals surface area contributed by atoms with Crippen LogP contribution in [0.1, 0.15) is 40.0 Å². The first-order valence-electron chi connectivity index (χ1n) is 9.87. The standard InChI is InChI=1S/C21H28N4O3/c1-20(2,3)28-19(26)25-13-10-21(25)8-11-24(12-9-21)17-7-5-6-16-15(17)14-22-18(23-16)27-4/h5-7,14H,8-13H2,1-4H3. The SMILES string of the molecule is COc1ncc2c(N3CCC4(CC3)CCN4C(=O)OC(C)(C)C)cccc2n1. The molecule has 150 valence electrons. The number of carbonyl (C=O) groups excluding carboxylic acids is 1. The van der Waals surface area contributed by atoms with Crippen LogP contribution in [0.25, 0.3) is 10.9 Å². The number of fused-ring (bicyclic) bond motifs is 1. The third-order valence-corrected chi connectivity index (χ3v) is 5.78. The summed E-state index contributed by atoms with van der Waals surface area (Å²) in [5.41, 5.74) is 1.50. The van der Waals surface area contributed by atoms with Gasteiger partial charge in [-0.05, 0) is 52.2 Å². The Balaban J connectivity index is 1.49. The molecule has 0 radical (unpaired) electrons. The van der Waals surface area contributed by atoms with Crippen LogP contribution >= 0.6 is 0 Å². The Hall–Kier alpha value is -2.57. The quantitative estimate of drug-likeness (QED) is 0.788. The van der Waals surface area contributed by atoms with E-state index in [0.717, 1.165) is 55.5 Å².